The maximum Gasteiger partial charge on any atom is 0.0636 e. The standard InChI is InChI=1S/C7H14NO2/c9-4-1-2-7-6-10-5-3-8-7/h7,9H,1-6H2. The normalized spacial score (nSPS) is 26.7. The van der Waals surface area contributed by atoms with Gasteiger partial charge in [-0.1, -0.05) is 0 Å². The molecule has 1 atom stereocenters. The van der Waals surface area contributed by atoms with Gasteiger partial charge in [-0.3, -0.25) is 0 Å². The Labute approximate surface area is 61.4 Å². The zero-order chi connectivity index (χ0) is 7.23. The molecule has 0 bridgehead atoms. The number of rotatable bonds is 3. The predicted octanol–water partition coefficient (Wildman–Crippen LogP) is -0.238. The highest BCUT2D eigenvalue weighted by molar-refractivity contribution is 4.68. The second-order valence-electron chi connectivity index (χ2n) is 2.50. The maximum atomic E-state index is 8.51. The van der Waals surface area contributed by atoms with Crippen molar-refractivity contribution in [3.63, 3.8) is 0 Å². The van der Waals surface area contributed by atoms with Gasteiger partial charge in [0, 0.05) is 19.2 Å². The average molecular weight is 144 g/mol. The lowest BCUT2D eigenvalue weighted by Crippen LogP contribution is -2.35. The summed E-state index contributed by atoms with van der Waals surface area (Å²) in [6, 6.07) is 0.348. The molecule has 1 heterocycles. The molecule has 1 fully saturated rings. The Morgan fingerprint density at radius 1 is 1.60 bits per heavy atom. The van der Waals surface area contributed by atoms with Crippen molar-refractivity contribution >= 4 is 0 Å². The molecular weight excluding hydrogens is 130 g/mol. The van der Waals surface area contributed by atoms with Crippen molar-refractivity contribution in [3.8, 4) is 0 Å². The molecule has 0 aromatic rings. The first-order chi connectivity index (χ1) is 4.93. The number of hydrogen-bond donors (Lipinski definition) is 1. The monoisotopic (exact) mass is 144 g/mol. The molecule has 0 aromatic heterocycles. The fourth-order valence-electron chi connectivity index (χ4n) is 1.07. The van der Waals surface area contributed by atoms with Crippen LogP contribution in [0.3, 0.4) is 0 Å². The van der Waals surface area contributed by atoms with E-state index >= 15 is 0 Å². The van der Waals surface area contributed by atoms with Gasteiger partial charge in [-0.25, -0.2) is 5.32 Å². The lowest BCUT2D eigenvalue weighted by atomic mass is 10.1. The van der Waals surface area contributed by atoms with Crippen molar-refractivity contribution < 1.29 is 9.84 Å². The van der Waals surface area contributed by atoms with Crippen molar-refractivity contribution in [2.45, 2.75) is 18.9 Å². The largest absolute Gasteiger partial charge is 0.396 e. The number of aliphatic hydroxyl groups excluding tert-OH is 1. The molecule has 3 nitrogen and oxygen atoms in total. The highest BCUT2D eigenvalue weighted by atomic mass is 16.5. The van der Waals surface area contributed by atoms with E-state index in [0.29, 0.717) is 6.04 Å². The number of morpholine rings is 1. The first-order valence-electron chi connectivity index (χ1n) is 3.78. The van der Waals surface area contributed by atoms with Crippen LogP contribution in [0.25, 0.3) is 0 Å². The molecule has 1 rings (SSSR count). The highest BCUT2D eigenvalue weighted by Crippen LogP contribution is 2.02. The SMILES string of the molecule is OCCCC1COCC[N]1. The molecular formula is C7H14NO2. The molecule has 0 spiro atoms. The third kappa shape index (κ3) is 2.64. The topological polar surface area (TPSA) is 43.6 Å². The van der Waals surface area contributed by atoms with Gasteiger partial charge in [0.15, 0.2) is 0 Å². The Hall–Kier alpha value is -0.120. The summed E-state index contributed by atoms with van der Waals surface area (Å²) in [6.07, 6.45) is 1.81. The summed E-state index contributed by atoms with van der Waals surface area (Å²) in [5, 5.41) is 12.8. The van der Waals surface area contributed by atoms with Crippen molar-refractivity contribution in [2.24, 2.45) is 0 Å². The van der Waals surface area contributed by atoms with Gasteiger partial charge in [-0.05, 0) is 12.8 Å². The van der Waals surface area contributed by atoms with Crippen molar-refractivity contribution in [3.05, 3.63) is 0 Å². The summed E-state index contributed by atoms with van der Waals surface area (Å²) in [5.41, 5.74) is 0. The van der Waals surface area contributed by atoms with Crippen LogP contribution >= 0.6 is 0 Å². The molecule has 1 unspecified atom stereocenters. The molecule has 0 amide bonds. The third-order valence-electron chi connectivity index (χ3n) is 1.63. The van der Waals surface area contributed by atoms with Crippen LogP contribution < -0.4 is 5.32 Å². The third-order valence-corrected chi connectivity index (χ3v) is 1.63. The summed E-state index contributed by atoms with van der Waals surface area (Å²) in [5.74, 6) is 0. The van der Waals surface area contributed by atoms with Gasteiger partial charge in [-0.2, -0.15) is 0 Å². The number of ether oxygens (including phenoxy) is 1. The van der Waals surface area contributed by atoms with E-state index in [1.54, 1.807) is 0 Å². The first kappa shape index (κ1) is 7.98. The van der Waals surface area contributed by atoms with Gasteiger partial charge < -0.3 is 9.84 Å². The Balaban J connectivity index is 2.02. The van der Waals surface area contributed by atoms with Crippen LogP contribution in [-0.2, 0) is 4.74 Å². The van der Waals surface area contributed by atoms with Crippen LogP contribution in [-0.4, -0.2) is 37.5 Å². The maximum absolute atomic E-state index is 8.51. The van der Waals surface area contributed by atoms with Gasteiger partial charge in [0.05, 0.1) is 13.2 Å². The molecule has 59 valence electrons. The summed E-state index contributed by atoms with van der Waals surface area (Å²) >= 11 is 0. The molecule has 0 aromatic carbocycles. The van der Waals surface area contributed by atoms with E-state index in [1.165, 1.54) is 0 Å². The van der Waals surface area contributed by atoms with Crippen LogP contribution in [0.2, 0.25) is 0 Å². The molecule has 1 saturated heterocycles. The van der Waals surface area contributed by atoms with E-state index < -0.39 is 0 Å². The van der Waals surface area contributed by atoms with E-state index in [4.69, 9.17) is 9.84 Å². The van der Waals surface area contributed by atoms with Gasteiger partial charge in [0.25, 0.3) is 0 Å². The number of hydrogen-bond acceptors (Lipinski definition) is 2. The van der Waals surface area contributed by atoms with E-state index in [9.17, 15) is 0 Å². The van der Waals surface area contributed by atoms with Crippen molar-refractivity contribution in [1.82, 2.24) is 5.32 Å². The summed E-state index contributed by atoms with van der Waals surface area (Å²) in [7, 11) is 0. The minimum atomic E-state index is 0.270. The van der Waals surface area contributed by atoms with E-state index in [1.807, 2.05) is 0 Å². The second kappa shape index (κ2) is 4.66. The van der Waals surface area contributed by atoms with E-state index in [0.717, 1.165) is 32.6 Å². The zero-order valence-corrected chi connectivity index (χ0v) is 6.12. The van der Waals surface area contributed by atoms with Crippen LogP contribution in [0.1, 0.15) is 12.8 Å². The Bertz CT molecular complexity index is 81.7. The van der Waals surface area contributed by atoms with Gasteiger partial charge in [-0.15, -0.1) is 0 Å². The zero-order valence-electron chi connectivity index (χ0n) is 6.12. The molecule has 1 radical (unpaired) electrons. The fraction of sp³-hybridized carbons (Fsp3) is 1.00. The number of nitrogens with zero attached hydrogens (tertiary/aromatic N) is 1. The molecule has 3 heteroatoms. The first-order valence-corrected chi connectivity index (χ1v) is 3.78. The molecule has 1 aliphatic heterocycles. The molecule has 1 N–H and O–H groups in total. The average Bonchev–Trinajstić information content (AvgIpc) is 2.03. The van der Waals surface area contributed by atoms with Crippen LogP contribution in [0.4, 0.5) is 0 Å². The summed E-state index contributed by atoms with van der Waals surface area (Å²) < 4.78 is 5.20. The smallest absolute Gasteiger partial charge is 0.0636 e. The van der Waals surface area contributed by atoms with Crippen LogP contribution in [0.15, 0.2) is 0 Å². The van der Waals surface area contributed by atoms with Gasteiger partial charge >= 0.3 is 0 Å². The minimum absolute atomic E-state index is 0.270. The minimum Gasteiger partial charge on any atom is -0.396 e. The van der Waals surface area contributed by atoms with Crippen LogP contribution in [0.5, 0.6) is 0 Å². The number of aliphatic hydroxyl groups is 1. The predicted molar refractivity (Wildman–Crippen MR) is 37.9 cm³/mol. The Morgan fingerprint density at radius 3 is 3.10 bits per heavy atom. The fourth-order valence-corrected chi connectivity index (χ4v) is 1.07. The van der Waals surface area contributed by atoms with Gasteiger partial charge in [0.1, 0.15) is 0 Å². The summed E-state index contributed by atoms with van der Waals surface area (Å²) in [6.45, 7) is 2.62. The van der Waals surface area contributed by atoms with Gasteiger partial charge in [0.2, 0.25) is 0 Å². The van der Waals surface area contributed by atoms with E-state index in [-0.39, 0.29) is 6.61 Å². The highest BCUT2D eigenvalue weighted by Gasteiger charge is 2.12. The second-order valence-corrected chi connectivity index (χ2v) is 2.50. The molecule has 0 saturated carbocycles. The van der Waals surface area contributed by atoms with Crippen molar-refractivity contribution in [2.75, 3.05) is 26.4 Å². The molecule has 1 aliphatic rings. The lowest BCUT2D eigenvalue weighted by Gasteiger charge is -2.21. The Kier molecular flexibility index (Phi) is 3.72. The van der Waals surface area contributed by atoms with Crippen molar-refractivity contribution in [1.29, 1.82) is 0 Å². The quantitative estimate of drug-likeness (QED) is 0.594. The summed E-state index contributed by atoms with van der Waals surface area (Å²) in [4.78, 5) is 0. The molecule has 0 aliphatic carbocycles. The lowest BCUT2D eigenvalue weighted by molar-refractivity contribution is 0.0694. The van der Waals surface area contributed by atoms with Crippen LogP contribution in [0, 0.1) is 0 Å². The van der Waals surface area contributed by atoms with E-state index in [2.05, 4.69) is 5.32 Å². The Morgan fingerprint density at radius 2 is 2.50 bits per heavy atom. The molecule has 10 heavy (non-hydrogen) atoms.